The third kappa shape index (κ3) is 9.17. The topological polar surface area (TPSA) is 90.2 Å². The molecule has 0 heterocycles. The van der Waals surface area contributed by atoms with Crippen LogP contribution in [0.25, 0.3) is 0 Å². The van der Waals surface area contributed by atoms with E-state index in [2.05, 4.69) is 0 Å². The van der Waals surface area contributed by atoms with Crippen molar-refractivity contribution in [1.29, 1.82) is 0 Å². The first kappa shape index (κ1) is 13.9. The average Bonchev–Trinajstić information content (AvgIpc) is 2.17. The Labute approximate surface area is 88.2 Å². The van der Waals surface area contributed by atoms with E-state index in [1.165, 1.54) is 0 Å². The van der Waals surface area contributed by atoms with E-state index in [9.17, 15) is 0 Å². The molecule has 0 aliphatic carbocycles. The molecule has 1 rings (SSSR count). The van der Waals surface area contributed by atoms with E-state index < -0.39 is 5.97 Å². The van der Waals surface area contributed by atoms with Gasteiger partial charge in [-0.25, -0.2) is 0 Å². The molecule has 0 unspecified atom stereocenters. The third-order valence-corrected chi connectivity index (χ3v) is 1.15. The molecular formula is C10H16O5. The lowest BCUT2D eigenvalue weighted by Crippen LogP contribution is -2.30. The molecule has 5 nitrogen and oxygen atoms in total. The zero-order valence-corrected chi connectivity index (χ0v) is 8.50. The monoisotopic (exact) mass is 216 g/mol. The van der Waals surface area contributed by atoms with Crippen LogP contribution in [0.15, 0.2) is 30.3 Å². The molecule has 15 heavy (non-hydrogen) atoms. The molecule has 1 aromatic rings. The van der Waals surface area contributed by atoms with E-state index in [-0.39, 0.29) is 13.2 Å². The van der Waals surface area contributed by atoms with Crippen LogP contribution in [0.2, 0.25) is 0 Å². The quantitative estimate of drug-likeness (QED) is 0.521. The van der Waals surface area contributed by atoms with E-state index in [0.29, 0.717) is 5.75 Å². The number of benzene rings is 1. The van der Waals surface area contributed by atoms with E-state index in [1.807, 2.05) is 6.07 Å². The van der Waals surface area contributed by atoms with Crippen LogP contribution in [0.4, 0.5) is 0 Å². The fraction of sp³-hybridized carbons (Fsp3) is 0.400. The summed E-state index contributed by atoms with van der Waals surface area (Å²) in [6.07, 6.45) is 0. The second kappa shape index (κ2) is 7.19. The molecule has 0 aromatic heterocycles. The van der Waals surface area contributed by atoms with E-state index >= 15 is 0 Å². The summed E-state index contributed by atoms with van der Waals surface area (Å²) < 4.78 is 4.71. The van der Waals surface area contributed by atoms with Gasteiger partial charge in [-0.3, -0.25) is 0 Å². The van der Waals surface area contributed by atoms with Crippen molar-refractivity contribution in [3.05, 3.63) is 30.3 Å². The molecule has 0 saturated heterocycles. The van der Waals surface area contributed by atoms with Crippen LogP contribution in [0.5, 0.6) is 5.75 Å². The van der Waals surface area contributed by atoms with Gasteiger partial charge in [-0.1, -0.05) is 18.2 Å². The first-order valence-corrected chi connectivity index (χ1v) is 4.40. The van der Waals surface area contributed by atoms with Crippen LogP contribution in [-0.2, 0) is 0 Å². The van der Waals surface area contributed by atoms with Gasteiger partial charge < -0.3 is 25.2 Å². The highest BCUT2D eigenvalue weighted by Crippen LogP contribution is 2.13. The molecule has 0 amide bonds. The summed E-state index contributed by atoms with van der Waals surface area (Å²) in [4.78, 5) is 0. The van der Waals surface area contributed by atoms with Crippen molar-refractivity contribution in [3.63, 3.8) is 0 Å². The number of aliphatic hydroxyl groups excluding tert-OH is 2. The Bertz CT molecular complexity index is 240. The van der Waals surface area contributed by atoms with Crippen LogP contribution in [0, 0.1) is 0 Å². The number of hydrogen-bond acceptors (Lipinski definition) is 5. The van der Waals surface area contributed by atoms with Crippen molar-refractivity contribution in [2.24, 2.45) is 0 Å². The summed E-state index contributed by atoms with van der Waals surface area (Å²) in [5.41, 5.74) is 0. The molecule has 1 aromatic carbocycles. The summed E-state index contributed by atoms with van der Waals surface area (Å²) in [6, 6.07) is 8.61. The van der Waals surface area contributed by atoms with Gasteiger partial charge in [0, 0.05) is 6.92 Å². The molecule has 0 aliphatic heterocycles. The molecule has 0 saturated carbocycles. The fourth-order valence-corrected chi connectivity index (χ4v) is 0.712. The Kier molecular flexibility index (Phi) is 6.64. The van der Waals surface area contributed by atoms with Crippen molar-refractivity contribution < 1.29 is 25.2 Å². The van der Waals surface area contributed by atoms with E-state index in [4.69, 9.17) is 25.2 Å². The maximum Gasteiger partial charge on any atom is 0.318 e. The van der Waals surface area contributed by atoms with Crippen molar-refractivity contribution in [3.8, 4) is 5.75 Å². The minimum absolute atomic E-state index is 0.125. The predicted octanol–water partition coefficient (Wildman–Crippen LogP) is -0.305. The maximum absolute atomic E-state index is 8.80. The Morgan fingerprint density at radius 2 is 1.53 bits per heavy atom. The summed E-state index contributed by atoms with van der Waals surface area (Å²) in [7, 11) is 0. The SMILES string of the molecule is CC(O)(O)Oc1ccccc1.OCCO. The number of ether oxygens (including phenoxy) is 1. The smallest absolute Gasteiger partial charge is 0.318 e. The zero-order chi connectivity index (χ0) is 11.7. The van der Waals surface area contributed by atoms with Gasteiger partial charge in [-0.2, -0.15) is 0 Å². The molecule has 4 N–H and O–H groups in total. The summed E-state index contributed by atoms with van der Waals surface area (Å²) in [6.45, 7) is 0.903. The molecule has 86 valence electrons. The van der Waals surface area contributed by atoms with Crippen LogP contribution in [0.3, 0.4) is 0 Å². The van der Waals surface area contributed by atoms with Gasteiger partial charge in [0.15, 0.2) is 0 Å². The predicted molar refractivity (Wildman–Crippen MR) is 54.1 cm³/mol. The summed E-state index contributed by atoms with van der Waals surface area (Å²) >= 11 is 0. The summed E-state index contributed by atoms with van der Waals surface area (Å²) in [5, 5.41) is 32.9. The normalized spacial score (nSPS) is 10.2. The highest BCUT2D eigenvalue weighted by molar-refractivity contribution is 5.21. The van der Waals surface area contributed by atoms with E-state index in [1.54, 1.807) is 24.3 Å². The molecule has 5 heteroatoms. The second-order valence-electron chi connectivity index (χ2n) is 2.80. The molecule has 0 atom stereocenters. The summed E-state index contributed by atoms with van der Waals surface area (Å²) in [5.74, 6) is -1.67. The molecule has 0 bridgehead atoms. The van der Waals surface area contributed by atoms with Crippen LogP contribution in [0.1, 0.15) is 6.92 Å². The highest BCUT2D eigenvalue weighted by Gasteiger charge is 2.15. The maximum atomic E-state index is 8.80. The molecular weight excluding hydrogens is 200 g/mol. The lowest BCUT2D eigenvalue weighted by atomic mass is 10.3. The lowest BCUT2D eigenvalue weighted by Gasteiger charge is -2.17. The van der Waals surface area contributed by atoms with Gasteiger partial charge in [-0.15, -0.1) is 0 Å². The largest absolute Gasteiger partial charge is 0.439 e. The zero-order valence-electron chi connectivity index (χ0n) is 8.50. The first-order chi connectivity index (χ1) is 6.99. The molecule has 0 aliphatic rings. The van der Waals surface area contributed by atoms with Crippen LogP contribution >= 0.6 is 0 Å². The van der Waals surface area contributed by atoms with Crippen LogP contribution in [-0.4, -0.2) is 39.6 Å². The Morgan fingerprint density at radius 3 is 1.87 bits per heavy atom. The van der Waals surface area contributed by atoms with E-state index in [0.717, 1.165) is 6.92 Å². The second-order valence-corrected chi connectivity index (χ2v) is 2.80. The minimum atomic E-state index is -2.10. The van der Waals surface area contributed by atoms with Gasteiger partial charge in [0.25, 0.3) is 0 Å². The highest BCUT2D eigenvalue weighted by atomic mass is 16.8. The third-order valence-electron chi connectivity index (χ3n) is 1.15. The van der Waals surface area contributed by atoms with Gasteiger partial charge in [-0.05, 0) is 12.1 Å². The number of aliphatic hydroxyl groups is 4. The number of rotatable bonds is 3. The van der Waals surface area contributed by atoms with Crippen molar-refractivity contribution >= 4 is 0 Å². The molecule has 0 fully saturated rings. The Morgan fingerprint density at radius 1 is 1.07 bits per heavy atom. The van der Waals surface area contributed by atoms with Gasteiger partial charge in [0.2, 0.25) is 0 Å². The van der Waals surface area contributed by atoms with Crippen LogP contribution < -0.4 is 4.74 Å². The fourth-order valence-electron chi connectivity index (χ4n) is 0.712. The standard InChI is InChI=1S/C8H10O3.C2H6O2/c1-8(9,10)11-7-5-3-2-4-6-7;3-1-2-4/h2-6,9-10H,1H3;3-4H,1-2H2. The average molecular weight is 216 g/mol. The number of para-hydroxylation sites is 1. The first-order valence-electron chi connectivity index (χ1n) is 4.40. The number of hydrogen-bond donors (Lipinski definition) is 4. The van der Waals surface area contributed by atoms with Gasteiger partial charge in [0.1, 0.15) is 5.75 Å². The lowest BCUT2D eigenvalue weighted by molar-refractivity contribution is -0.277. The van der Waals surface area contributed by atoms with Crippen molar-refractivity contribution in [2.75, 3.05) is 13.2 Å². The molecule has 0 radical (unpaired) electrons. The Balaban J connectivity index is 0.000000423. The van der Waals surface area contributed by atoms with Crippen molar-refractivity contribution in [1.82, 2.24) is 0 Å². The minimum Gasteiger partial charge on any atom is -0.439 e. The Hall–Kier alpha value is -1.14. The van der Waals surface area contributed by atoms with Gasteiger partial charge >= 0.3 is 5.97 Å². The molecule has 0 spiro atoms. The van der Waals surface area contributed by atoms with Crippen molar-refractivity contribution in [2.45, 2.75) is 12.9 Å². The van der Waals surface area contributed by atoms with Gasteiger partial charge in [0.05, 0.1) is 13.2 Å².